The summed E-state index contributed by atoms with van der Waals surface area (Å²) in [5.74, 6) is 0.346. The molecule has 4 nitrogen and oxygen atoms in total. The van der Waals surface area contributed by atoms with Crippen molar-refractivity contribution >= 4 is 28.1 Å². The molecule has 0 radical (unpaired) electrons. The maximum atomic E-state index is 6.52. The predicted molar refractivity (Wildman–Crippen MR) is 116 cm³/mol. The van der Waals surface area contributed by atoms with Crippen LogP contribution in [0.3, 0.4) is 0 Å². The van der Waals surface area contributed by atoms with Crippen molar-refractivity contribution in [2.45, 2.75) is 32.7 Å². The molecule has 0 saturated carbocycles. The van der Waals surface area contributed by atoms with Gasteiger partial charge in [-0.3, -0.25) is 0 Å². The summed E-state index contributed by atoms with van der Waals surface area (Å²) in [4.78, 5) is 11.6. The van der Waals surface area contributed by atoms with Crippen LogP contribution in [0.25, 0.3) is 10.8 Å². The number of rotatable bonds is 3. The molecule has 2 heterocycles. The molecule has 0 aliphatic carbocycles. The van der Waals surface area contributed by atoms with E-state index in [0.717, 1.165) is 52.4 Å². The quantitative estimate of drug-likeness (QED) is 0.571. The monoisotopic (exact) mass is 393 g/mol. The van der Waals surface area contributed by atoms with Crippen LogP contribution in [-0.4, -0.2) is 23.6 Å². The zero-order valence-electron chi connectivity index (χ0n) is 16.4. The van der Waals surface area contributed by atoms with Crippen LogP contribution in [0.2, 0.25) is 5.02 Å². The Labute approximate surface area is 171 Å². The van der Waals surface area contributed by atoms with E-state index >= 15 is 0 Å². The van der Waals surface area contributed by atoms with Gasteiger partial charge in [0.1, 0.15) is 0 Å². The lowest BCUT2D eigenvalue weighted by atomic mass is 9.96. The molecular formula is C23H24ClN3O. The molecule has 28 heavy (non-hydrogen) atoms. The van der Waals surface area contributed by atoms with E-state index in [0.29, 0.717) is 11.9 Å². The van der Waals surface area contributed by atoms with Gasteiger partial charge in [0.15, 0.2) is 0 Å². The minimum absolute atomic E-state index is 0.346. The minimum atomic E-state index is 0.346. The van der Waals surface area contributed by atoms with Crippen molar-refractivity contribution in [3.63, 3.8) is 0 Å². The predicted octanol–water partition coefficient (Wildman–Crippen LogP) is 5.23. The Morgan fingerprint density at radius 1 is 1.11 bits per heavy atom. The number of benzene rings is 2. The average molecular weight is 394 g/mol. The molecule has 0 bridgehead atoms. The lowest BCUT2D eigenvalue weighted by Crippen LogP contribution is -2.32. The van der Waals surface area contributed by atoms with Gasteiger partial charge in [0.25, 0.3) is 0 Å². The van der Waals surface area contributed by atoms with Gasteiger partial charge in [-0.05, 0) is 35.4 Å². The largest absolute Gasteiger partial charge is 0.467 e. The maximum Gasteiger partial charge on any atom is 0.316 e. The first-order chi connectivity index (χ1) is 13.6. The maximum absolute atomic E-state index is 6.52. The van der Waals surface area contributed by atoms with Gasteiger partial charge in [-0.2, -0.15) is 9.97 Å². The second-order valence-electron chi connectivity index (χ2n) is 6.96. The van der Waals surface area contributed by atoms with E-state index in [2.05, 4.69) is 65.8 Å². The summed E-state index contributed by atoms with van der Waals surface area (Å²) in [6.07, 6.45) is 8.92. The molecule has 1 aromatic heterocycles. The highest BCUT2D eigenvalue weighted by Crippen LogP contribution is 2.36. The summed E-state index contributed by atoms with van der Waals surface area (Å²) in [5.41, 5.74) is 4.57. The smallest absolute Gasteiger partial charge is 0.316 e. The fraction of sp³-hybridized carbons (Fsp3) is 0.304. The van der Waals surface area contributed by atoms with Gasteiger partial charge in [-0.25, -0.2) is 0 Å². The van der Waals surface area contributed by atoms with Gasteiger partial charge >= 0.3 is 6.01 Å². The number of hydrogen-bond acceptors (Lipinski definition) is 4. The molecule has 144 valence electrons. The van der Waals surface area contributed by atoms with Crippen LogP contribution >= 0.6 is 11.6 Å². The van der Waals surface area contributed by atoms with Crippen molar-refractivity contribution in [3.05, 3.63) is 58.4 Å². The molecule has 0 saturated heterocycles. The van der Waals surface area contributed by atoms with Crippen molar-refractivity contribution in [1.82, 2.24) is 9.97 Å². The van der Waals surface area contributed by atoms with E-state index in [1.54, 1.807) is 7.11 Å². The van der Waals surface area contributed by atoms with E-state index in [9.17, 15) is 0 Å². The number of anilines is 1. The summed E-state index contributed by atoms with van der Waals surface area (Å²) >= 11 is 6.52. The zero-order valence-corrected chi connectivity index (χ0v) is 17.2. The third-order valence-electron chi connectivity index (χ3n) is 4.98. The second-order valence-corrected chi connectivity index (χ2v) is 7.37. The lowest BCUT2D eigenvalue weighted by molar-refractivity contribution is 0.373. The SMILES string of the molecule is C#C.COc1nc2c(c(C(C)C)n1)CCN(c1cccc3cccc(Cl)c13)C2. The Hall–Kier alpha value is -2.77. The van der Waals surface area contributed by atoms with Crippen molar-refractivity contribution in [1.29, 1.82) is 0 Å². The third-order valence-corrected chi connectivity index (χ3v) is 5.29. The molecular weight excluding hydrogens is 370 g/mol. The standard InChI is InChI=1S/C21H22ClN3O.C2H2/c1-13(2)20-15-10-11-25(12-17(15)23-21(24-20)26-3)18-9-5-7-14-6-4-8-16(22)19(14)18;1-2/h4-9,13H,10-12H2,1-3H3;1-2H. The van der Waals surface area contributed by atoms with Crippen LogP contribution in [0.4, 0.5) is 5.69 Å². The number of halogens is 1. The normalized spacial score (nSPS) is 13.0. The highest BCUT2D eigenvalue weighted by atomic mass is 35.5. The Kier molecular flexibility index (Phi) is 6.06. The molecule has 1 aliphatic rings. The Morgan fingerprint density at radius 2 is 1.82 bits per heavy atom. The van der Waals surface area contributed by atoms with Crippen LogP contribution in [0.15, 0.2) is 36.4 Å². The number of aromatic nitrogens is 2. The first-order valence-electron chi connectivity index (χ1n) is 9.27. The van der Waals surface area contributed by atoms with Crippen molar-refractivity contribution in [3.8, 4) is 18.9 Å². The number of ether oxygens (including phenoxy) is 1. The number of nitrogens with zero attached hydrogens (tertiary/aromatic N) is 3. The fourth-order valence-corrected chi connectivity index (χ4v) is 4.03. The van der Waals surface area contributed by atoms with Crippen LogP contribution in [0.1, 0.15) is 36.7 Å². The van der Waals surface area contributed by atoms with Crippen LogP contribution in [0.5, 0.6) is 6.01 Å². The van der Waals surface area contributed by atoms with Crippen LogP contribution in [-0.2, 0) is 13.0 Å². The van der Waals surface area contributed by atoms with E-state index in [1.165, 1.54) is 5.56 Å². The highest BCUT2D eigenvalue weighted by Gasteiger charge is 2.25. The fourth-order valence-electron chi connectivity index (χ4n) is 3.75. The molecule has 2 aromatic carbocycles. The molecule has 0 atom stereocenters. The summed E-state index contributed by atoms with van der Waals surface area (Å²) in [7, 11) is 1.62. The number of terminal acetylenes is 1. The van der Waals surface area contributed by atoms with E-state index < -0.39 is 0 Å². The van der Waals surface area contributed by atoms with Crippen LogP contribution < -0.4 is 9.64 Å². The lowest BCUT2D eigenvalue weighted by Gasteiger charge is -2.32. The molecule has 0 fully saturated rings. The molecule has 5 heteroatoms. The Bertz CT molecular complexity index is 1010. The van der Waals surface area contributed by atoms with Crippen LogP contribution in [0, 0.1) is 12.8 Å². The van der Waals surface area contributed by atoms with Gasteiger partial charge < -0.3 is 9.64 Å². The topological polar surface area (TPSA) is 38.3 Å². The summed E-state index contributed by atoms with van der Waals surface area (Å²) in [5, 5.41) is 3.04. The van der Waals surface area contributed by atoms with Gasteiger partial charge in [0.05, 0.1) is 30.1 Å². The summed E-state index contributed by atoms with van der Waals surface area (Å²) in [6, 6.07) is 12.8. The van der Waals surface area contributed by atoms with Gasteiger partial charge in [-0.1, -0.05) is 49.7 Å². The third kappa shape index (κ3) is 3.63. The molecule has 3 aromatic rings. The number of hydrogen-bond donors (Lipinski definition) is 0. The number of fused-ring (bicyclic) bond motifs is 2. The Morgan fingerprint density at radius 3 is 2.50 bits per heavy atom. The van der Waals surface area contributed by atoms with Crippen molar-refractivity contribution < 1.29 is 4.74 Å². The molecule has 4 rings (SSSR count). The molecule has 0 spiro atoms. The molecule has 0 unspecified atom stereocenters. The average Bonchev–Trinajstić information content (AvgIpc) is 2.73. The highest BCUT2D eigenvalue weighted by molar-refractivity contribution is 6.36. The van der Waals surface area contributed by atoms with Crippen molar-refractivity contribution in [2.75, 3.05) is 18.6 Å². The molecule has 0 amide bonds. The summed E-state index contributed by atoms with van der Waals surface area (Å²) < 4.78 is 5.34. The first-order valence-corrected chi connectivity index (χ1v) is 9.65. The summed E-state index contributed by atoms with van der Waals surface area (Å²) in [6.45, 7) is 5.99. The van der Waals surface area contributed by atoms with Crippen molar-refractivity contribution in [2.24, 2.45) is 0 Å². The first kappa shape index (κ1) is 20.0. The minimum Gasteiger partial charge on any atom is -0.467 e. The van der Waals surface area contributed by atoms with Gasteiger partial charge in [0.2, 0.25) is 0 Å². The van der Waals surface area contributed by atoms with E-state index in [-0.39, 0.29) is 0 Å². The number of methoxy groups -OCH3 is 1. The zero-order chi connectivity index (χ0) is 20.3. The van der Waals surface area contributed by atoms with E-state index in [4.69, 9.17) is 16.3 Å². The molecule has 0 N–H and O–H groups in total. The van der Waals surface area contributed by atoms with E-state index in [1.807, 2.05) is 12.1 Å². The van der Waals surface area contributed by atoms with Gasteiger partial charge in [0, 0.05) is 17.6 Å². The Balaban J connectivity index is 0.00000109. The second kappa shape index (κ2) is 8.50. The van der Waals surface area contributed by atoms with Gasteiger partial charge in [-0.15, -0.1) is 12.8 Å². The molecule has 1 aliphatic heterocycles.